The molecule has 6 nitrogen and oxygen atoms in total. The van der Waals surface area contributed by atoms with E-state index in [1.54, 1.807) is 0 Å². The Morgan fingerprint density at radius 3 is 1.39 bits per heavy atom. The molecule has 6 rings (SSSR count). The van der Waals surface area contributed by atoms with Gasteiger partial charge in [-0.1, -0.05) is 106 Å². The molecule has 57 heavy (non-hydrogen) atoms. The van der Waals surface area contributed by atoms with Gasteiger partial charge in [0.2, 0.25) is 0 Å². The molecule has 0 spiro atoms. The van der Waals surface area contributed by atoms with E-state index in [9.17, 15) is 0 Å². The van der Waals surface area contributed by atoms with Crippen molar-refractivity contribution in [2.75, 3.05) is 26.4 Å². The highest BCUT2D eigenvalue weighted by atomic mass is 28.4. The minimum atomic E-state index is -1.60. The highest BCUT2D eigenvalue weighted by Gasteiger charge is 2.36. The van der Waals surface area contributed by atoms with Gasteiger partial charge >= 0.3 is 0 Å². The Kier molecular flexibility index (Phi) is 16.9. The zero-order valence-electron chi connectivity index (χ0n) is 34.7. The Hall–Kier alpha value is -4.82. The Labute approximate surface area is 341 Å². The number of aliphatic hydroxyl groups excluding tert-OH is 1. The second-order valence-corrected chi connectivity index (χ2v) is 20.7. The number of hydrogen-bond acceptors (Lipinski definition) is 6. The molecule has 0 amide bonds. The van der Waals surface area contributed by atoms with Gasteiger partial charge in [0.25, 0.3) is 0 Å². The van der Waals surface area contributed by atoms with E-state index in [2.05, 4.69) is 88.5 Å². The molecule has 302 valence electrons. The van der Waals surface area contributed by atoms with Crippen molar-refractivity contribution in [3.8, 4) is 34.1 Å². The first-order valence-electron chi connectivity index (χ1n) is 20.6. The number of ether oxygens (including phenoxy) is 2. The summed E-state index contributed by atoms with van der Waals surface area (Å²) in [6.07, 6.45) is 16.8. The van der Waals surface area contributed by atoms with Crippen molar-refractivity contribution in [2.45, 2.75) is 90.3 Å². The summed E-state index contributed by atoms with van der Waals surface area (Å²) in [6.45, 7) is 14.0. The molecule has 0 aliphatic rings. The average Bonchev–Trinajstić information content (AvgIpc) is 3.84. The quantitative estimate of drug-likeness (QED) is 0.0472. The molecule has 0 bridgehead atoms. The topological polar surface area (TPSA) is 74.2 Å². The van der Waals surface area contributed by atoms with E-state index in [1.165, 1.54) is 0 Å². The van der Waals surface area contributed by atoms with Gasteiger partial charge in [-0.2, -0.15) is 0 Å². The molecule has 0 saturated heterocycles. The van der Waals surface area contributed by atoms with E-state index < -0.39 is 8.32 Å². The molecule has 0 aliphatic carbocycles. The minimum absolute atomic E-state index is 0.259. The first kappa shape index (κ1) is 43.3. The maximum Gasteiger partial charge on any atom is 0.191 e. The normalized spacial score (nSPS) is 12.1. The van der Waals surface area contributed by atoms with Crippen LogP contribution in [0.5, 0.6) is 11.5 Å². The first-order valence-corrected chi connectivity index (χ1v) is 23.5. The Morgan fingerprint density at radius 1 is 0.544 bits per heavy atom. The molecule has 6 aromatic rings. The van der Waals surface area contributed by atoms with E-state index >= 15 is 0 Å². The van der Waals surface area contributed by atoms with Gasteiger partial charge in [-0.25, -0.2) is 0 Å². The summed E-state index contributed by atoms with van der Waals surface area (Å²) in [5.41, 5.74) is 3.88. The van der Waals surface area contributed by atoms with Crippen molar-refractivity contribution < 1.29 is 27.8 Å². The third-order valence-electron chi connectivity index (χ3n) is 10.3. The third-order valence-corrected chi connectivity index (χ3v) is 14.9. The molecule has 0 saturated carbocycles. The summed E-state index contributed by atoms with van der Waals surface area (Å²) in [5.74, 6) is 3.46. The lowest BCUT2D eigenvalue weighted by atomic mass is 10.1. The Morgan fingerprint density at radius 2 is 0.965 bits per heavy atom. The van der Waals surface area contributed by atoms with Crippen LogP contribution in [0.4, 0.5) is 0 Å². The molecule has 0 radical (unpaired) electrons. The summed E-state index contributed by atoms with van der Waals surface area (Å²) in [5, 5.41) is 11.2. The van der Waals surface area contributed by atoms with Gasteiger partial charge in [0.15, 0.2) is 8.32 Å². The van der Waals surface area contributed by atoms with E-state index in [4.69, 9.17) is 27.8 Å². The van der Waals surface area contributed by atoms with Crippen molar-refractivity contribution in [3.05, 3.63) is 133 Å². The Bertz CT molecular complexity index is 2100. The number of benzene rings is 4. The van der Waals surface area contributed by atoms with Crippen molar-refractivity contribution in [3.63, 3.8) is 0 Å². The highest BCUT2D eigenvalue weighted by Crippen LogP contribution is 2.37. The number of furan rings is 2. The van der Waals surface area contributed by atoms with Crippen LogP contribution in [-0.2, 0) is 4.43 Å². The Balaban J connectivity index is 0.000000224. The molecule has 0 unspecified atom stereocenters. The van der Waals surface area contributed by atoms with Crippen molar-refractivity contribution >= 4 is 30.3 Å². The molecule has 1 N–H and O–H groups in total. The lowest BCUT2D eigenvalue weighted by molar-refractivity contribution is 0.283. The van der Waals surface area contributed by atoms with Crippen LogP contribution >= 0.6 is 0 Å². The number of rotatable bonds is 20. The van der Waals surface area contributed by atoms with E-state index in [0.717, 1.165) is 114 Å². The second-order valence-electron chi connectivity index (χ2n) is 15.9. The second kappa shape index (κ2) is 22.2. The summed E-state index contributed by atoms with van der Waals surface area (Å²) in [4.78, 5) is 0. The predicted octanol–water partition coefficient (Wildman–Crippen LogP) is 14.2. The number of unbranched alkanes of at least 4 members (excludes halogenated alkanes) is 4. The van der Waals surface area contributed by atoms with Crippen LogP contribution in [0.15, 0.2) is 142 Å². The predicted molar refractivity (Wildman–Crippen MR) is 240 cm³/mol. The van der Waals surface area contributed by atoms with Gasteiger partial charge in [-0.15, -0.1) is 0 Å². The molecule has 2 aromatic heterocycles. The molecule has 7 heteroatoms. The van der Waals surface area contributed by atoms with Crippen molar-refractivity contribution in [2.24, 2.45) is 0 Å². The van der Waals surface area contributed by atoms with Crippen LogP contribution in [0.1, 0.15) is 72.1 Å². The molecular formula is C50H62O6Si. The number of hydrogen-bond donors (Lipinski definition) is 1. The summed E-state index contributed by atoms with van der Waals surface area (Å²) in [6, 6.07) is 36.5. The van der Waals surface area contributed by atoms with Crippen molar-refractivity contribution in [1.29, 1.82) is 0 Å². The number of aliphatic hydroxyl groups is 1. The fourth-order valence-electron chi connectivity index (χ4n) is 5.90. The van der Waals surface area contributed by atoms with Gasteiger partial charge in [0, 0.05) is 47.2 Å². The monoisotopic (exact) mass is 786 g/mol. The average molecular weight is 787 g/mol. The highest BCUT2D eigenvalue weighted by molar-refractivity contribution is 6.74. The minimum Gasteiger partial charge on any atom is -0.493 e. The molecule has 0 fully saturated rings. The maximum atomic E-state index is 8.71. The maximum absolute atomic E-state index is 8.71. The molecule has 0 aliphatic heterocycles. The van der Waals surface area contributed by atoms with Crippen LogP contribution in [0, 0.1) is 0 Å². The lowest BCUT2D eigenvalue weighted by Crippen LogP contribution is -2.40. The van der Waals surface area contributed by atoms with Gasteiger partial charge in [0.1, 0.15) is 34.2 Å². The fraction of sp³-hybridized carbons (Fsp3) is 0.360. The first-order chi connectivity index (χ1) is 27.6. The molecule has 2 heterocycles. The zero-order valence-corrected chi connectivity index (χ0v) is 35.7. The van der Waals surface area contributed by atoms with Crippen LogP contribution in [0.25, 0.3) is 44.6 Å². The van der Waals surface area contributed by atoms with Crippen LogP contribution < -0.4 is 9.47 Å². The largest absolute Gasteiger partial charge is 0.493 e. The summed E-state index contributed by atoms with van der Waals surface area (Å²) >= 11 is 0. The number of allylic oxidation sites excluding steroid dienone is 4. The van der Waals surface area contributed by atoms with Crippen LogP contribution in [0.2, 0.25) is 18.1 Å². The van der Waals surface area contributed by atoms with E-state index in [-0.39, 0.29) is 11.6 Å². The van der Waals surface area contributed by atoms with Gasteiger partial charge in [-0.05, 0) is 106 Å². The van der Waals surface area contributed by atoms with Gasteiger partial charge < -0.3 is 27.8 Å². The molecular weight excluding hydrogens is 725 g/mol. The summed E-state index contributed by atoms with van der Waals surface area (Å²) < 4.78 is 30.0. The van der Waals surface area contributed by atoms with Crippen molar-refractivity contribution in [1.82, 2.24) is 0 Å². The standard InChI is InChI=1S/C28H38O3Si.C22H24O3/c1-28(2,3)32(4,5)30-20-14-9-7-6-8-13-19-29-25-18-17-24-21-26(31-27(24)22-25)23-15-11-10-12-16-23;23-14-8-3-1-2-4-9-15-24-20-13-12-19-16-21(25-22(19)17-20)18-10-6-5-7-11-18/h6-7,10-12,15-18,21-22H,8-9,13-14,19-20H2,1-5H3;1-2,5-7,10-13,16-17,23H,3-4,8-9,14-15H2/b7-6+;2-1+. The molecule has 4 aromatic carbocycles. The van der Waals surface area contributed by atoms with Crippen LogP contribution in [-0.4, -0.2) is 39.9 Å². The van der Waals surface area contributed by atoms with Gasteiger partial charge in [0.05, 0.1) is 13.2 Å². The fourth-order valence-corrected chi connectivity index (χ4v) is 6.99. The van der Waals surface area contributed by atoms with E-state index in [1.807, 2.05) is 78.9 Å². The molecule has 0 atom stereocenters. The summed E-state index contributed by atoms with van der Waals surface area (Å²) in [7, 11) is -1.60. The zero-order chi connectivity index (χ0) is 40.4. The third kappa shape index (κ3) is 14.0. The van der Waals surface area contributed by atoms with Crippen LogP contribution in [0.3, 0.4) is 0 Å². The number of fused-ring (bicyclic) bond motifs is 2. The smallest absolute Gasteiger partial charge is 0.191 e. The SMILES string of the molecule is CC(C)(C)[Si](C)(C)OCCC/C=C/CCCOc1ccc2cc(-c3ccccc3)oc2c1.OCCC/C=C/CCCOc1ccc2cc(-c3ccccc3)oc2c1. The van der Waals surface area contributed by atoms with E-state index in [0.29, 0.717) is 13.2 Å². The van der Waals surface area contributed by atoms with Gasteiger partial charge in [-0.3, -0.25) is 0 Å². The lowest BCUT2D eigenvalue weighted by Gasteiger charge is -2.36.